The molecule has 3 heteroatoms. The third-order valence-corrected chi connectivity index (χ3v) is 3.49. The van der Waals surface area contributed by atoms with Crippen LogP contribution >= 0.6 is 0 Å². The van der Waals surface area contributed by atoms with Gasteiger partial charge in [0, 0.05) is 12.4 Å². The minimum atomic E-state index is 0.152. The fourth-order valence-corrected chi connectivity index (χ4v) is 2.56. The zero-order valence-electron chi connectivity index (χ0n) is 13.3. The fourth-order valence-electron chi connectivity index (χ4n) is 2.56. The van der Waals surface area contributed by atoms with E-state index in [0.29, 0.717) is 0 Å². The number of rotatable bonds is 6. The molecule has 1 unspecified atom stereocenters. The average Bonchev–Trinajstić information content (AvgIpc) is 2.48. The number of nitrogens with zero attached hydrogens (tertiary/aromatic N) is 1. The molecule has 0 aliphatic heterocycles. The lowest BCUT2D eigenvalue weighted by molar-refractivity contribution is 0.242. The standard InChI is InChI=1S/C18H24N2O/c1-5-14-12-20-10-9-17(14)18(19-4)15-7-6-8-16(11-15)21-13(2)3/h6-13,18-19H,5H2,1-4H3. The third-order valence-electron chi connectivity index (χ3n) is 3.49. The molecular weight excluding hydrogens is 260 g/mol. The number of ether oxygens (including phenoxy) is 1. The summed E-state index contributed by atoms with van der Waals surface area (Å²) in [5.74, 6) is 0.912. The predicted octanol–water partition coefficient (Wildman–Crippen LogP) is 3.74. The van der Waals surface area contributed by atoms with E-state index >= 15 is 0 Å². The highest BCUT2D eigenvalue weighted by molar-refractivity contribution is 5.39. The Balaban J connectivity index is 2.37. The van der Waals surface area contributed by atoms with Gasteiger partial charge in [0.25, 0.3) is 0 Å². The second kappa shape index (κ2) is 7.23. The predicted molar refractivity (Wildman–Crippen MR) is 86.7 cm³/mol. The van der Waals surface area contributed by atoms with Gasteiger partial charge in [-0.25, -0.2) is 0 Å². The topological polar surface area (TPSA) is 34.2 Å². The van der Waals surface area contributed by atoms with Crippen LogP contribution in [-0.4, -0.2) is 18.1 Å². The number of pyridine rings is 1. The minimum Gasteiger partial charge on any atom is -0.491 e. The van der Waals surface area contributed by atoms with Gasteiger partial charge in [0.05, 0.1) is 12.1 Å². The molecule has 0 radical (unpaired) electrons. The lowest BCUT2D eigenvalue weighted by Crippen LogP contribution is -2.19. The van der Waals surface area contributed by atoms with Gasteiger partial charge >= 0.3 is 0 Å². The average molecular weight is 284 g/mol. The Labute approximate surface area is 127 Å². The van der Waals surface area contributed by atoms with E-state index < -0.39 is 0 Å². The zero-order chi connectivity index (χ0) is 15.2. The van der Waals surface area contributed by atoms with Crippen LogP contribution in [0.15, 0.2) is 42.7 Å². The molecule has 0 saturated heterocycles. The molecular formula is C18H24N2O. The molecule has 1 aromatic carbocycles. The maximum absolute atomic E-state index is 5.80. The molecule has 112 valence electrons. The normalized spacial score (nSPS) is 12.4. The van der Waals surface area contributed by atoms with E-state index in [0.717, 1.165) is 12.2 Å². The molecule has 2 aromatic rings. The molecule has 0 spiro atoms. The van der Waals surface area contributed by atoms with Crippen LogP contribution in [0.2, 0.25) is 0 Å². The minimum absolute atomic E-state index is 0.152. The number of aryl methyl sites for hydroxylation is 1. The van der Waals surface area contributed by atoms with Crippen LogP contribution in [0.5, 0.6) is 5.75 Å². The lowest BCUT2D eigenvalue weighted by atomic mass is 9.95. The summed E-state index contributed by atoms with van der Waals surface area (Å²) in [5.41, 5.74) is 3.75. The van der Waals surface area contributed by atoms with Crippen LogP contribution in [0.4, 0.5) is 0 Å². The highest BCUT2D eigenvalue weighted by atomic mass is 16.5. The zero-order valence-corrected chi connectivity index (χ0v) is 13.3. The maximum Gasteiger partial charge on any atom is 0.120 e. The second-order valence-electron chi connectivity index (χ2n) is 5.39. The molecule has 1 N–H and O–H groups in total. The van der Waals surface area contributed by atoms with Gasteiger partial charge in [0.15, 0.2) is 0 Å². The van der Waals surface area contributed by atoms with E-state index in [2.05, 4.69) is 35.4 Å². The lowest BCUT2D eigenvalue weighted by Gasteiger charge is -2.21. The number of hydrogen-bond donors (Lipinski definition) is 1. The molecule has 0 fully saturated rings. The van der Waals surface area contributed by atoms with Gasteiger partial charge < -0.3 is 10.1 Å². The smallest absolute Gasteiger partial charge is 0.120 e. The Morgan fingerprint density at radius 1 is 1.24 bits per heavy atom. The van der Waals surface area contributed by atoms with E-state index in [1.807, 2.05) is 45.4 Å². The SMILES string of the molecule is CCc1cnccc1C(NC)c1cccc(OC(C)C)c1. The highest BCUT2D eigenvalue weighted by Gasteiger charge is 2.15. The van der Waals surface area contributed by atoms with Gasteiger partial charge in [-0.2, -0.15) is 0 Å². The van der Waals surface area contributed by atoms with E-state index in [1.165, 1.54) is 16.7 Å². The van der Waals surface area contributed by atoms with Crippen LogP contribution < -0.4 is 10.1 Å². The van der Waals surface area contributed by atoms with Crippen molar-refractivity contribution < 1.29 is 4.74 Å². The molecule has 2 rings (SSSR count). The van der Waals surface area contributed by atoms with E-state index in [4.69, 9.17) is 4.74 Å². The Hall–Kier alpha value is -1.87. The Morgan fingerprint density at radius 2 is 2.05 bits per heavy atom. The molecule has 0 aliphatic carbocycles. The fraction of sp³-hybridized carbons (Fsp3) is 0.389. The molecule has 0 amide bonds. The van der Waals surface area contributed by atoms with Gasteiger partial charge in [0.1, 0.15) is 5.75 Å². The summed E-state index contributed by atoms with van der Waals surface area (Å²) in [4.78, 5) is 4.23. The number of aromatic nitrogens is 1. The number of benzene rings is 1. The molecule has 3 nitrogen and oxygen atoms in total. The molecule has 0 aliphatic rings. The van der Waals surface area contributed by atoms with E-state index in [-0.39, 0.29) is 12.1 Å². The van der Waals surface area contributed by atoms with E-state index in [1.54, 1.807) is 0 Å². The van der Waals surface area contributed by atoms with Crippen molar-refractivity contribution in [1.29, 1.82) is 0 Å². The van der Waals surface area contributed by atoms with Crippen LogP contribution in [-0.2, 0) is 6.42 Å². The van der Waals surface area contributed by atoms with Gasteiger partial charge in [-0.1, -0.05) is 19.1 Å². The Bertz CT molecular complexity index is 581. The van der Waals surface area contributed by atoms with Crippen molar-refractivity contribution in [2.75, 3.05) is 7.05 Å². The summed E-state index contributed by atoms with van der Waals surface area (Å²) >= 11 is 0. The summed E-state index contributed by atoms with van der Waals surface area (Å²) in [6.45, 7) is 6.24. The van der Waals surface area contributed by atoms with Gasteiger partial charge in [-0.15, -0.1) is 0 Å². The van der Waals surface area contributed by atoms with Crippen LogP contribution in [0.3, 0.4) is 0 Å². The van der Waals surface area contributed by atoms with Crippen LogP contribution in [0, 0.1) is 0 Å². The van der Waals surface area contributed by atoms with Gasteiger partial charge in [0.2, 0.25) is 0 Å². The van der Waals surface area contributed by atoms with Crippen LogP contribution in [0.25, 0.3) is 0 Å². The van der Waals surface area contributed by atoms with Crippen LogP contribution in [0.1, 0.15) is 43.5 Å². The first kappa shape index (κ1) is 15.5. The monoisotopic (exact) mass is 284 g/mol. The summed E-state index contributed by atoms with van der Waals surface area (Å²) in [5, 5.41) is 3.41. The summed E-state index contributed by atoms with van der Waals surface area (Å²) < 4.78 is 5.80. The summed E-state index contributed by atoms with van der Waals surface area (Å²) in [6, 6.07) is 10.5. The van der Waals surface area contributed by atoms with Crippen molar-refractivity contribution in [3.63, 3.8) is 0 Å². The van der Waals surface area contributed by atoms with Crippen molar-refractivity contribution in [1.82, 2.24) is 10.3 Å². The molecule has 1 aromatic heterocycles. The molecule has 1 heterocycles. The first-order valence-electron chi connectivity index (χ1n) is 7.52. The Morgan fingerprint density at radius 3 is 2.71 bits per heavy atom. The largest absolute Gasteiger partial charge is 0.491 e. The first-order valence-corrected chi connectivity index (χ1v) is 7.52. The van der Waals surface area contributed by atoms with Crippen molar-refractivity contribution in [3.05, 3.63) is 59.4 Å². The van der Waals surface area contributed by atoms with Crippen molar-refractivity contribution >= 4 is 0 Å². The molecule has 0 bridgehead atoms. The second-order valence-corrected chi connectivity index (χ2v) is 5.39. The molecule has 21 heavy (non-hydrogen) atoms. The maximum atomic E-state index is 5.80. The number of nitrogens with one attached hydrogen (secondary N) is 1. The quantitative estimate of drug-likeness (QED) is 0.877. The van der Waals surface area contributed by atoms with E-state index in [9.17, 15) is 0 Å². The number of hydrogen-bond acceptors (Lipinski definition) is 3. The van der Waals surface area contributed by atoms with Crippen molar-refractivity contribution in [3.8, 4) is 5.75 Å². The highest BCUT2D eigenvalue weighted by Crippen LogP contribution is 2.27. The van der Waals surface area contributed by atoms with Gasteiger partial charge in [-0.3, -0.25) is 4.98 Å². The van der Waals surface area contributed by atoms with Crippen molar-refractivity contribution in [2.45, 2.75) is 39.3 Å². The third kappa shape index (κ3) is 3.82. The van der Waals surface area contributed by atoms with Crippen molar-refractivity contribution in [2.24, 2.45) is 0 Å². The summed E-state index contributed by atoms with van der Waals surface area (Å²) in [7, 11) is 1.99. The first-order chi connectivity index (χ1) is 10.2. The Kier molecular flexibility index (Phi) is 5.34. The van der Waals surface area contributed by atoms with Gasteiger partial charge in [-0.05, 0) is 62.2 Å². The molecule has 1 atom stereocenters. The molecule has 0 saturated carbocycles. The summed E-state index contributed by atoms with van der Waals surface area (Å²) in [6.07, 6.45) is 4.96.